The van der Waals surface area contributed by atoms with E-state index in [1.165, 1.54) is 36.7 Å². The number of pyridine rings is 1. The summed E-state index contributed by atoms with van der Waals surface area (Å²) < 4.78 is 2.62. The normalized spacial score (nSPS) is 11.7. The molecule has 0 bridgehead atoms. The van der Waals surface area contributed by atoms with Crippen LogP contribution in [0.1, 0.15) is 0 Å². The second-order valence-electron chi connectivity index (χ2n) is 9.42. The predicted octanol–water partition coefficient (Wildman–Crippen LogP) is 8.67. The van der Waals surface area contributed by atoms with Gasteiger partial charge in [-0.3, -0.25) is 4.98 Å². The summed E-state index contributed by atoms with van der Waals surface area (Å²) in [6.07, 6.45) is 3.66. The van der Waals surface area contributed by atoms with Crippen molar-refractivity contribution >= 4 is 53.3 Å². The highest BCUT2D eigenvalue weighted by Gasteiger charge is 2.15. The lowest BCUT2D eigenvalue weighted by molar-refractivity contribution is 0.766. The van der Waals surface area contributed by atoms with E-state index in [0.29, 0.717) is 0 Å². The maximum absolute atomic E-state index is 4.93. The first-order valence-electron chi connectivity index (χ1n) is 12.5. The third-order valence-electron chi connectivity index (χ3n) is 7.17. The van der Waals surface area contributed by atoms with Crippen LogP contribution in [0.5, 0.6) is 0 Å². The maximum atomic E-state index is 4.93. The van der Waals surface area contributed by atoms with Crippen LogP contribution in [0.25, 0.3) is 69.9 Å². The van der Waals surface area contributed by atoms with Crippen molar-refractivity contribution in [3.05, 3.63) is 122 Å². The van der Waals surface area contributed by atoms with Gasteiger partial charge < -0.3 is 0 Å². The SMILES string of the molecule is c1cncc(-c2ccc(-n3nc4cc(-c5ccc6sc7ccccc7c6c5)c5ccccc5c4n3)cc2)c1. The summed E-state index contributed by atoms with van der Waals surface area (Å²) in [6.45, 7) is 0. The van der Waals surface area contributed by atoms with Gasteiger partial charge in [0.15, 0.2) is 0 Å². The zero-order valence-corrected chi connectivity index (χ0v) is 21.1. The molecule has 3 aromatic heterocycles. The average molecular weight is 505 g/mol. The van der Waals surface area contributed by atoms with E-state index in [-0.39, 0.29) is 0 Å². The molecule has 8 rings (SSSR count). The summed E-state index contributed by atoms with van der Waals surface area (Å²) in [7, 11) is 0. The molecule has 0 radical (unpaired) electrons. The molecular formula is C33H20N4S. The van der Waals surface area contributed by atoms with E-state index < -0.39 is 0 Å². The highest BCUT2D eigenvalue weighted by atomic mass is 32.1. The lowest BCUT2D eigenvalue weighted by atomic mass is 9.96. The van der Waals surface area contributed by atoms with Gasteiger partial charge in [0.1, 0.15) is 11.0 Å². The van der Waals surface area contributed by atoms with Crippen molar-refractivity contribution in [1.29, 1.82) is 0 Å². The Morgan fingerprint density at radius 3 is 2.16 bits per heavy atom. The van der Waals surface area contributed by atoms with Gasteiger partial charge in [-0.15, -0.1) is 21.5 Å². The van der Waals surface area contributed by atoms with E-state index in [9.17, 15) is 0 Å². The number of benzene rings is 5. The number of thiophene rings is 1. The second-order valence-corrected chi connectivity index (χ2v) is 10.5. The van der Waals surface area contributed by atoms with Crippen LogP contribution in [0.15, 0.2) is 122 Å². The van der Waals surface area contributed by atoms with Gasteiger partial charge in [-0.1, -0.05) is 66.7 Å². The predicted molar refractivity (Wildman–Crippen MR) is 158 cm³/mol. The molecule has 0 atom stereocenters. The van der Waals surface area contributed by atoms with Gasteiger partial charge in [-0.25, -0.2) is 0 Å². The smallest absolute Gasteiger partial charge is 0.121 e. The molecule has 3 heterocycles. The van der Waals surface area contributed by atoms with Crippen LogP contribution in [0.3, 0.4) is 0 Å². The average Bonchev–Trinajstić information content (AvgIpc) is 3.59. The minimum absolute atomic E-state index is 0.880. The molecule has 178 valence electrons. The number of rotatable bonds is 3. The van der Waals surface area contributed by atoms with Gasteiger partial charge >= 0.3 is 0 Å². The second kappa shape index (κ2) is 8.33. The van der Waals surface area contributed by atoms with Gasteiger partial charge in [0, 0.05) is 38.0 Å². The van der Waals surface area contributed by atoms with Crippen LogP contribution in [0.2, 0.25) is 0 Å². The van der Waals surface area contributed by atoms with Crippen LogP contribution in [-0.2, 0) is 0 Å². The first-order valence-corrected chi connectivity index (χ1v) is 13.3. The Balaban J connectivity index is 1.29. The lowest BCUT2D eigenvalue weighted by Crippen LogP contribution is -1.98. The lowest BCUT2D eigenvalue weighted by Gasteiger charge is -2.08. The van der Waals surface area contributed by atoms with Crippen molar-refractivity contribution in [1.82, 2.24) is 20.0 Å². The zero-order valence-electron chi connectivity index (χ0n) is 20.2. The Kier molecular flexibility index (Phi) is 4.66. The monoisotopic (exact) mass is 504 g/mol. The largest absolute Gasteiger partial charge is 0.264 e. The molecule has 0 amide bonds. The van der Waals surface area contributed by atoms with Crippen LogP contribution in [-0.4, -0.2) is 20.0 Å². The van der Waals surface area contributed by atoms with Crippen molar-refractivity contribution in [3.63, 3.8) is 0 Å². The van der Waals surface area contributed by atoms with Crippen LogP contribution < -0.4 is 0 Å². The van der Waals surface area contributed by atoms with Gasteiger partial charge in [-0.05, 0) is 70.1 Å². The Labute approximate surface area is 222 Å². The van der Waals surface area contributed by atoms with E-state index >= 15 is 0 Å². The summed E-state index contributed by atoms with van der Waals surface area (Å²) in [5, 5.41) is 14.7. The summed E-state index contributed by atoms with van der Waals surface area (Å²) in [6, 6.07) is 38.4. The zero-order chi connectivity index (χ0) is 25.1. The summed E-state index contributed by atoms with van der Waals surface area (Å²) in [4.78, 5) is 5.97. The maximum Gasteiger partial charge on any atom is 0.121 e. The van der Waals surface area contributed by atoms with E-state index in [1.54, 1.807) is 11.0 Å². The Bertz CT molecular complexity index is 2120. The fourth-order valence-corrected chi connectivity index (χ4v) is 6.40. The van der Waals surface area contributed by atoms with Crippen molar-refractivity contribution in [2.75, 3.05) is 0 Å². The molecule has 4 nitrogen and oxygen atoms in total. The molecule has 5 heteroatoms. The number of fused-ring (bicyclic) bond motifs is 6. The number of nitrogens with zero attached hydrogens (tertiary/aromatic N) is 4. The molecule has 0 saturated carbocycles. The molecular weight excluding hydrogens is 484 g/mol. The van der Waals surface area contributed by atoms with Gasteiger partial charge in [0.2, 0.25) is 0 Å². The molecule has 0 fully saturated rings. The fraction of sp³-hybridized carbons (Fsp3) is 0. The molecule has 0 aliphatic carbocycles. The molecule has 0 N–H and O–H groups in total. The van der Waals surface area contributed by atoms with Crippen molar-refractivity contribution in [2.24, 2.45) is 0 Å². The number of aromatic nitrogens is 4. The van der Waals surface area contributed by atoms with Gasteiger partial charge in [0.05, 0.1) is 5.69 Å². The number of hydrogen-bond donors (Lipinski definition) is 0. The van der Waals surface area contributed by atoms with Crippen LogP contribution in [0.4, 0.5) is 0 Å². The highest BCUT2D eigenvalue weighted by Crippen LogP contribution is 2.39. The summed E-state index contributed by atoms with van der Waals surface area (Å²) in [5.41, 5.74) is 7.27. The summed E-state index contributed by atoms with van der Waals surface area (Å²) in [5.74, 6) is 0. The highest BCUT2D eigenvalue weighted by molar-refractivity contribution is 7.25. The standard InChI is InChI=1S/C33H20N4S/c1-2-9-27-25(7-1)28(22-13-16-32-29(18-22)26-8-3-4-10-31(26)38-32)19-30-33(27)36-37(35-30)24-14-11-21(12-15-24)23-6-5-17-34-20-23/h1-20H. The Morgan fingerprint density at radius 1 is 0.553 bits per heavy atom. The van der Waals surface area contributed by atoms with Crippen LogP contribution in [0, 0.1) is 0 Å². The Morgan fingerprint density at radius 2 is 1.32 bits per heavy atom. The fourth-order valence-electron chi connectivity index (χ4n) is 5.31. The molecule has 0 spiro atoms. The molecule has 38 heavy (non-hydrogen) atoms. The molecule has 8 aromatic rings. The third kappa shape index (κ3) is 3.33. The first-order chi connectivity index (χ1) is 18.8. The first kappa shape index (κ1) is 21.2. The van der Waals surface area contributed by atoms with E-state index in [2.05, 4.69) is 108 Å². The molecule has 0 aliphatic rings. The number of hydrogen-bond acceptors (Lipinski definition) is 4. The molecule has 0 saturated heterocycles. The quantitative estimate of drug-likeness (QED) is 0.242. The summed E-state index contributed by atoms with van der Waals surface area (Å²) >= 11 is 1.84. The molecule has 0 aliphatic heterocycles. The van der Waals surface area contributed by atoms with Crippen LogP contribution >= 0.6 is 11.3 Å². The van der Waals surface area contributed by atoms with Gasteiger partial charge in [-0.2, -0.15) is 4.80 Å². The van der Waals surface area contributed by atoms with Gasteiger partial charge in [0.25, 0.3) is 0 Å². The van der Waals surface area contributed by atoms with E-state index in [1.807, 2.05) is 23.6 Å². The molecule has 5 aromatic carbocycles. The Hall–Kier alpha value is -4.87. The minimum Gasteiger partial charge on any atom is -0.264 e. The van der Waals surface area contributed by atoms with E-state index in [4.69, 9.17) is 10.2 Å². The minimum atomic E-state index is 0.880. The van der Waals surface area contributed by atoms with E-state index in [0.717, 1.165) is 33.2 Å². The topological polar surface area (TPSA) is 43.6 Å². The third-order valence-corrected chi connectivity index (χ3v) is 8.33. The molecule has 0 unspecified atom stereocenters. The van der Waals surface area contributed by atoms with Crippen molar-refractivity contribution in [2.45, 2.75) is 0 Å². The van der Waals surface area contributed by atoms with Crippen molar-refractivity contribution in [3.8, 4) is 27.9 Å². The van der Waals surface area contributed by atoms with Crippen molar-refractivity contribution < 1.29 is 0 Å².